The first-order valence-electron chi connectivity index (χ1n) is 7.82. The molecule has 3 heterocycles. The molecule has 1 aromatic heterocycles. The highest BCUT2D eigenvalue weighted by atomic mass is 16.2. The van der Waals surface area contributed by atoms with Gasteiger partial charge in [-0.15, -0.1) is 0 Å². The minimum atomic E-state index is -0.128. The summed E-state index contributed by atoms with van der Waals surface area (Å²) in [6, 6.07) is 9.97. The predicted octanol–water partition coefficient (Wildman–Crippen LogP) is 0.648. The maximum Gasteiger partial charge on any atom is 0.352 e. The summed E-state index contributed by atoms with van der Waals surface area (Å²) < 4.78 is 5.02. The van der Waals surface area contributed by atoms with Crippen LogP contribution in [0.15, 0.2) is 39.9 Å². The normalized spacial score (nSPS) is 48.4. The molecule has 5 heteroatoms. The van der Waals surface area contributed by atoms with Crippen molar-refractivity contribution < 1.29 is 0 Å². The van der Waals surface area contributed by atoms with E-state index in [-0.39, 0.29) is 11.4 Å². The van der Waals surface area contributed by atoms with Gasteiger partial charge >= 0.3 is 11.4 Å². The molecule has 8 atom stereocenters. The van der Waals surface area contributed by atoms with Crippen LogP contribution in [0.25, 0.3) is 5.69 Å². The molecule has 4 fully saturated rings. The van der Waals surface area contributed by atoms with Gasteiger partial charge in [0.15, 0.2) is 0 Å². The lowest BCUT2D eigenvalue weighted by atomic mass is 9.89. The van der Waals surface area contributed by atoms with Gasteiger partial charge in [0.05, 0.1) is 17.8 Å². The van der Waals surface area contributed by atoms with Gasteiger partial charge in [-0.25, -0.2) is 23.5 Å². The maximum absolute atomic E-state index is 12.9. The molecule has 2 bridgehead atoms. The third-order valence-corrected chi connectivity index (χ3v) is 6.99. The summed E-state index contributed by atoms with van der Waals surface area (Å²) >= 11 is 0. The van der Waals surface area contributed by atoms with E-state index in [2.05, 4.69) is 0 Å². The smallest absolute Gasteiger partial charge is 0.245 e. The Labute approximate surface area is 119 Å². The van der Waals surface area contributed by atoms with Gasteiger partial charge in [-0.3, -0.25) is 0 Å². The van der Waals surface area contributed by atoms with E-state index in [9.17, 15) is 9.59 Å². The second kappa shape index (κ2) is 2.56. The maximum atomic E-state index is 12.9. The van der Waals surface area contributed by atoms with Crippen molar-refractivity contribution in [3.05, 3.63) is 51.3 Å². The van der Waals surface area contributed by atoms with Gasteiger partial charge < -0.3 is 0 Å². The van der Waals surface area contributed by atoms with Crippen molar-refractivity contribution in [1.82, 2.24) is 13.9 Å². The summed E-state index contributed by atoms with van der Waals surface area (Å²) in [5.74, 6) is 4.51. The standard InChI is InChI=1S/C16H13N3O2/c20-15-17(6-4-2-1-3-5-6)16(21)19-14-10-7-8-11(12(8)14)13(9(7)10)18(15)19/h1-5,7-14H/t7?,8?,9-,10-,11-,12+,13?,14?/m0/s1. The SMILES string of the molecule is O=c1n(-c2ccccc2)c(=O)n2n1C1[C@H]3C4C5[C@H]1[C@@H]5C2[C@@H]43. The number of rotatable bonds is 1. The minimum Gasteiger partial charge on any atom is -0.245 e. The van der Waals surface area contributed by atoms with Crippen LogP contribution in [0.3, 0.4) is 0 Å². The van der Waals surface area contributed by atoms with Crippen molar-refractivity contribution in [3.63, 3.8) is 0 Å². The van der Waals surface area contributed by atoms with Crippen LogP contribution in [-0.2, 0) is 0 Å². The van der Waals surface area contributed by atoms with E-state index in [1.807, 2.05) is 39.7 Å². The molecule has 5 nitrogen and oxygen atoms in total. The Bertz CT molecular complexity index is 875. The van der Waals surface area contributed by atoms with Crippen LogP contribution in [0.2, 0.25) is 0 Å². The minimum absolute atomic E-state index is 0.128. The van der Waals surface area contributed by atoms with Gasteiger partial charge in [-0.1, -0.05) is 18.2 Å². The molecule has 6 aliphatic rings. The Hall–Kier alpha value is -2.04. The molecule has 1 aromatic carbocycles. The number of hydrogen-bond donors (Lipinski definition) is 0. The Kier molecular flexibility index (Phi) is 1.19. The Balaban J connectivity index is 1.59. The molecule has 4 saturated carbocycles. The molecule has 2 aromatic rings. The number of benzene rings is 1. The molecule has 21 heavy (non-hydrogen) atoms. The van der Waals surface area contributed by atoms with Crippen molar-refractivity contribution in [2.24, 2.45) is 35.5 Å². The van der Waals surface area contributed by atoms with Gasteiger partial charge in [0.1, 0.15) is 0 Å². The molecule has 0 radical (unpaired) electrons. The first-order chi connectivity index (χ1) is 10.3. The Morgan fingerprint density at radius 3 is 1.62 bits per heavy atom. The second-order valence-electron chi connectivity index (χ2n) is 7.37. The van der Waals surface area contributed by atoms with Crippen molar-refractivity contribution in [2.75, 3.05) is 0 Å². The van der Waals surface area contributed by atoms with Gasteiger partial charge in [-0.2, -0.15) is 0 Å². The quantitative estimate of drug-likeness (QED) is 0.769. The highest BCUT2D eigenvalue weighted by Crippen LogP contribution is 2.91. The fourth-order valence-corrected chi connectivity index (χ4v) is 6.59. The van der Waals surface area contributed by atoms with E-state index in [1.165, 1.54) is 4.57 Å². The van der Waals surface area contributed by atoms with Crippen molar-refractivity contribution in [3.8, 4) is 5.69 Å². The molecule has 104 valence electrons. The monoisotopic (exact) mass is 279 g/mol. The highest BCUT2D eigenvalue weighted by molar-refractivity contribution is 5.38. The van der Waals surface area contributed by atoms with E-state index in [4.69, 9.17) is 0 Å². The van der Waals surface area contributed by atoms with Crippen molar-refractivity contribution in [1.29, 1.82) is 0 Å². The van der Waals surface area contributed by atoms with Crippen LogP contribution in [0, 0.1) is 35.5 Å². The predicted molar refractivity (Wildman–Crippen MR) is 73.3 cm³/mol. The summed E-state index contributed by atoms with van der Waals surface area (Å²) in [5, 5.41) is 0. The molecular formula is C16H13N3O2. The second-order valence-corrected chi connectivity index (χ2v) is 7.37. The summed E-state index contributed by atoms with van der Waals surface area (Å²) in [6.45, 7) is 0. The van der Waals surface area contributed by atoms with Crippen LogP contribution >= 0.6 is 0 Å². The van der Waals surface area contributed by atoms with E-state index in [1.54, 1.807) is 0 Å². The third kappa shape index (κ3) is 0.753. The van der Waals surface area contributed by atoms with Gasteiger partial charge in [0, 0.05) is 0 Å². The van der Waals surface area contributed by atoms with Crippen LogP contribution in [0.4, 0.5) is 0 Å². The molecule has 0 amide bonds. The fourth-order valence-electron chi connectivity index (χ4n) is 6.59. The van der Waals surface area contributed by atoms with Crippen molar-refractivity contribution in [2.45, 2.75) is 12.1 Å². The lowest BCUT2D eigenvalue weighted by Crippen LogP contribution is -2.45. The van der Waals surface area contributed by atoms with E-state index in [0.29, 0.717) is 41.4 Å². The number of nitrogens with zero attached hydrogens (tertiary/aromatic N) is 3. The zero-order chi connectivity index (χ0) is 13.6. The lowest BCUT2D eigenvalue weighted by Gasteiger charge is -2.36. The first-order valence-corrected chi connectivity index (χ1v) is 7.82. The fraction of sp³-hybridized carbons (Fsp3) is 0.500. The average Bonchev–Trinajstić information content (AvgIpc) is 3.32. The molecule has 2 aliphatic heterocycles. The molecule has 4 unspecified atom stereocenters. The molecule has 8 rings (SSSR count). The van der Waals surface area contributed by atoms with Gasteiger partial charge in [0.25, 0.3) is 0 Å². The van der Waals surface area contributed by atoms with Crippen LogP contribution in [0.5, 0.6) is 0 Å². The summed E-state index contributed by atoms with van der Waals surface area (Å²) in [7, 11) is 0. The Morgan fingerprint density at radius 1 is 0.667 bits per heavy atom. The molecule has 0 spiro atoms. The van der Waals surface area contributed by atoms with Crippen molar-refractivity contribution >= 4 is 0 Å². The summed E-state index contributed by atoms with van der Waals surface area (Å²) in [4.78, 5) is 25.7. The third-order valence-electron chi connectivity index (χ3n) is 6.99. The molecular weight excluding hydrogens is 266 g/mol. The zero-order valence-electron chi connectivity index (χ0n) is 11.2. The molecule has 0 saturated heterocycles. The van der Waals surface area contributed by atoms with E-state index in [0.717, 1.165) is 11.8 Å². The largest absolute Gasteiger partial charge is 0.352 e. The molecule has 4 aliphatic carbocycles. The van der Waals surface area contributed by atoms with Crippen LogP contribution < -0.4 is 11.4 Å². The lowest BCUT2D eigenvalue weighted by molar-refractivity contribution is 0.112. The molecule has 0 N–H and O–H groups in total. The number of aromatic nitrogens is 3. The van der Waals surface area contributed by atoms with E-state index < -0.39 is 0 Å². The summed E-state index contributed by atoms with van der Waals surface area (Å²) in [6.07, 6.45) is 0. The van der Waals surface area contributed by atoms with Crippen LogP contribution in [-0.4, -0.2) is 13.9 Å². The first kappa shape index (κ1) is 9.82. The Morgan fingerprint density at radius 2 is 1.14 bits per heavy atom. The number of para-hydroxylation sites is 1. The number of hydrogen-bond acceptors (Lipinski definition) is 2. The zero-order valence-corrected chi connectivity index (χ0v) is 11.2. The van der Waals surface area contributed by atoms with Crippen LogP contribution in [0.1, 0.15) is 12.1 Å². The highest BCUT2D eigenvalue weighted by Gasteiger charge is 2.90. The topological polar surface area (TPSA) is 48.9 Å². The van der Waals surface area contributed by atoms with Gasteiger partial charge in [0.2, 0.25) is 0 Å². The van der Waals surface area contributed by atoms with Gasteiger partial charge in [-0.05, 0) is 47.6 Å². The van der Waals surface area contributed by atoms with E-state index >= 15 is 0 Å². The summed E-state index contributed by atoms with van der Waals surface area (Å²) in [5.41, 5.74) is 0.434. The average molecular weight is 279 g/mol.